The molecule has 6 aromatic rings. The Bertz CT molecular complexity index is 1660. The predicted octanol–water partition coefficient (Wildman–Crippen LogP) is 9.03. The van der Waals surface area contributed by atoms with Gasteiger partial charge in [0, 0.05) is 31.1 Å². The molecule has 0 aliphatic carbocycles. The van der Waals surface area contributed by atoms with Gasteiger partial charge >= 0.3 is 0 Å². The highest BCUT2D eigenvalue weighted by Gasteiger charge is 2.21. The smallest absolute Gasteiger partial charge is 0.0803 e. The first-order valence-electron chi connectivity index (χ1n) is 11.2. The second kappa shape index (κ2) is 6.88. The quantitative estimate of drug-likeness (QED) is 0.253. The summed E-state index contributed by atoms with van der Waals surface area (Å²) in [5.74, 6) is 0. The van der Waals surface area contributed by atoms with Crippen LogP contribution in [0.2, 0.25) is 0 Å². The van der Waals surface area contributed by atoms with Crippen molar-refractivity contribution in [3.8, 4) is 11.3 Å². The molecule has 6 rings (SSSR count). The molecule has 0 saturated carbocycles. The van der Waals surface area contributed by atoms with Crippen LogP contribution in [-0.4, -0.2) is 4.98 Å². The van der Waals surface area contributed by atoms with Crippen LogP contribution in [0.15, 0.2) is 78.9 Å². The maximum absolute atomic E-state index is 5.27. The molecule has 2 heterocycles. The minimum absolute atomic E-state index is 0.0411. The number of aryl methyl sites for hydroxylation is 1. The van der Waals surface area contributed by atoms with Gasteiger partial charge < -0.3 is 0 Å². The van der Waals surface area contributed by atoms with E-state index in [1.54, 1.807) is 0 Å². The Morgan fingerprint density at radius 3 is 2.31 bits per heavy atom. The zero-order valence-corrected chi connectivity index (χ0v) is 19.7. The Kier molecular flexibility index (Phi) is 4.18. The van der Waals surface area contributed by atoms with Crippen LogP contribution in [0.4, 0.5) is 0 Å². The van der Waals surface area contributed by atoms with Crippen molar-refractivity contribution >= 4 is 53.2 Å². The maximum atomic E-state index is 5.27. The van der Waals surface area contributed by atoms with Gasteiger partial charge in [-0.2, -0.15) is 0 Å². The second-order valence-electron chi connectivity index (χ2n) is 9.78. The average Bonchev–Trinajstić information content (AvgIpc) is 3.17. The van der Waals surface area contributed by atoms with Gasteiger partial charge in [-0.3, -0.25) is 0 Å². The van der Waals surface area contributed by atoms with Gasteiger partial charge in [-0.15, -0.1) is 11.3 Å². The monoisotopic (exact) mass is 431 g/mol. The largest absolute Gasteiger partial charge is 0.247 e. The number of hydrogen-bond acceptors (Lipinski definition) is 2. The molecule has 156 valence electrons. The molecule has 2 heteroatoms. The fourth-order valence-electron chi connectivity index (χ4n) is 4.85. The van der Waals surface area contributed by atoms with E-state index in [4.69, 9.17) is 4.98 Å². The standard InChI is InChI=1S/C30H25NS/c1-18-13-14-25-23(15-18)29-27(22-11-7-8-12-26(22)32-29)28(31-25)20-16-19-9-5-6-10-21(19)24(17-20)30(2,3)4/h5-17H,1-4H3. The SMILES string of the molecule is Cc1ccc2nc(-c3cc(C(C)(C)C)c4ccccc4c3)c3c4ccccc4sc3c2c1. The lowest BCUT2D eigenvalue weighted by Gasteiger charge is -2.23. The Hall–Kier alpha value is -3.23. The fraction of sp³-hybridized carbons (Fsp3) is 0.167. The Balaban J connectivity index is 1.80. The molecule has 0 fully saturated rings. The number of fused-ring (bicyclic) bond motifs is 6. The van der Waals surface area contributed by atoms with Crippen molar-refractivity contribution in [1.29, 1.82) is 0 Å². The normalized spacial score (nSPS) is 12.4. The Morgan fingerprint density at radius 1 is 0.750 bits per heavy atom. The van der Waals surface area contributed by atoms with Gasteiger partial charge in [0.05, 0.1) is 11.2 Å². The van der Waals surface area contributed by atoms with Crippen LogP contribution in [0.3, 0.4) is 0 Å². The molecule has 0 bridgehead atoms. The van der Waals surface area contributed by atoms with Gasteiger partial charge in [0.2, 0.25) is 0 Å². The molecule has 0 spiro atoms. The average molecular weight is 432 g/mol. The van der Waals surface area contributed by atoms with Crippen LogP contribution >= 0.6 is 11.3 Å². The van der Waals surface area contributed by atoms with E-state index in [0.717, 1.165) is 11.2 Å². The summed E-state index contributed by atoms with van der Waals surface area (Å²) in [5, 5.41) is 6.42. The van der Waals surface area contributed by atoms with E-state index in [1.807, 2.05) is 11.3 Å². The van der Waals surface area contributed by atoms with Gasteiger partial charge in [-0.25, -0.2) is 4.98 Å². The molecular weight excluding hydrogens is 406 g/mol. The number of rotatable bonds is 1. The third-order valence-electron chi connectivity index (χ3n) is 6.40. The minimum atomic E-state index is 0.0411. The first-order chi connectivity index (χ1) is 15.4. The zero-order valence-electron chi connectivity index (χ0n) is 18.9. The second-order valence-corrected chi connectivity index (χ2v) is 10.8. The third kappa shape index (κ3) is 2.94. The molecule has 0 aliphatic heterocycles. The lowest BCUT2D eigenvalue weighted by atomic mass is 9.82. The summed E-state index contributed by atoms with van der Waals surface area (Å²) in [6.07, 6.45) is 0. The third-order valence-corrected chi connectivity index (χ3v) is 7.61. The molecule has 0 N–H and O–H groups in total. The fourth-order valence-corrected chi connectivity index (χ4v) is 6.08. The first-order valence-corrected chi connectivity index (χ1v) is 12.0. The summed E-state index contributed by atoms with van der Waals surface area (Å²) in [6, 6.07) is 28.8. The van der Waals surface area contributed by atoms with Crippen LogP contribution in [-0.2, 0) is 5.41 Å². The molecule has 0 aliphatic rings. The minimum Gasteiger partial charge on any atom is -0.247 e. The molecule has 32 heavy (non-hydrogen) atoms. The molecule has 2 aromatic heterocycles. The van der Waals surface area contributed by atoms with Crippen molar-refractivity contribution in [1.82, 2.24) is 4.98 Å². The number of hydrogen-bond donors (Lipinski definition) is 0. The van der Waals surface area contributed by atoms with Crippen molar-refractivity contribution in [2.75, 3.05) is 0 Å². The van der Waals surface area contributed by atoms with Gasteiger partial charge in [-0.1, -0.05) is 74.9 Å². The van der Waals surface area contributed by atoms with Gasteiger partial charge in [0.1, 0.15) is 0 Å². The molecule has 0 unspecified atom stereocenters. The number of benzene rings is 4. The van der Waals surface area contributed by atoms with Crippen LogP contribution in [0.1, 0.15) is 31.9 Å². The molecule has 4 aromatic carbocycles. The molecule has 0 atom stereocenters. The highest BCUT2D eigenvalue weighted by Crippen LogP contribution is 2.44. The summed E-state index contributed by atoms with van der Waals surface area (Å²) in [4.78, 5) is 5.27. The van der Waals surface area contributed by atoms with Crippen molar-refractivity contribution in [3.63, 3.8) is 0 Å². The summed E-state index contributed by atoms with van der Waals surface area (Å²) in [7, 11) is 0. The summed E-state index contributed by atoms with van der Waals surface area (Å²) >= 11 is 1.88. The van der Waals surface area contributed by atoms with Crippen LogP contribution < -0.4 is 0 Å². The van der Waals surface area contributed by atoms with Crippen LogP contribution in [0.5, 0.6) is 0 Å². The van der Waals surface area contributed by atoms with E-state index in [9.17, 15) is 0 Å². The van der Waals surface area contributed by atoms with E-state index < -0.39 is 0 Å². The summed E-state index contributed by atoms with van der Waals surface area (Å²) in [5.41, 5.74) is 6.03. The van der Waals surface area contributed by atoms with Crippen molar-refractivity contribution in [2.45, 2.75) is 33.1 Å². The van der Waals surface area contributed by atoms with E-state index in [1.165, 1.54) is 53.0 Å². The zero-order chi connectivity index (χ0) is 22.0. The molecule has 1 nitrogen and oxygen atoms in total. The lowest BCUT2D eigenvalue weighted by molar-refractivity contribution is 0.596. The number of thiophene rings is 1. The summed E-state index contributed by atoms with van der Waals surface area (Å²) < 4.78 is 2.65. The van der Waals surface area contributed by atoms with Crippen LogP contribution in [0, 0.1) is 6.92 Å². The number of nitrogens with zero attached hydrogens (tertiary/aromatic N) is 1. The Morgan fingerprint density at radius 2 is 1.50 bits per heavy atom. The van der Waals surface area contributed by atoms with Crippen molar-refractivity contribution in [2.24, 2.45) is 0 Å². The van der Waals surface area contributed by atoms with Gasteiger partial charge in [-0.05, 0) is 59.0 Å². The molecular formula is C30H25NS. The predicted molar refractivity (Wildman–Crippen MR) is 141 cm³/mol. The van der Waals surface area contributed by atoms with Gasteiger partial charge in [0.15, 0.2) is 0 Å². The van der Waals surface area contributed by atoms with Crippen molar-refractivity contribution < 1.29 is 0 Å². The van der Waals surface area contributed by atoms with Crippen LogP contribution in [0.25, 0.3) is 53.1 Å². The van der Waals surface area contributed by atoms with Crippen molar-refractivity contribution in [3.05, 3.63) is 90.0 Å². The number of pyridine rings is 1. The summed E-state index contributed by atoms with van der Waals surface area (Å²) in [6.45, 7) is 9.05. The van der Waals surface area contributed by atoms with E-state index in [-0.39, 0.29) is 5.41 Å². The maximum Gasteiger partial charge on any atom is 0.0803 e. The highest BCUT2D eigenvalue weighted by atomic mass is 32.1. The van der Waals surface area contributed by atoms with E-state index in [0.29, 0.717) is 0 Å². The van der Waals surface area contributed by atoms with Gasteiger partial charge in [0.25, 0.3) is 0 Å². The molecule has 0 radical (unpaired) electrons. The topological polar surface area (TPSA) is 12.9 Å². The first kappa shape index (κ1) is 19.5. The lowest BCUT2D eigenvalue weighted by Crippen LogP contribution is -2.12. The van der Waals surface area contributed by atoms with E-state index in [2.05, 4.69) is 107 Å². The highest BCUT2D eigenvalue weighted by molar-refractivity contribution is 7.26. The van der Waals surface area contributed by atoms with E-state index >= 15 is 0 Å². The molecule has 0 amide bonds. The number of aromatic nitrogens is 1. The molecule has 0 saturated heterocycles. The Labute approximate surface area is 192 Å².